The molecule has 0 saturated carbocycles. The van der Waals surface area contributed by atoms with Gasteiger partial charge in [0.05, 0.1) is 23.6 Å². The van der Waals surface area contributed by atoms with E-state index in [0.29, 0.717) is 13.0 Å². The van der Waals surface area contributed by atoms with E-state index < -0.39 is 10.0 Å². The molecule has 3 aromatic rings. The number of nitrogens with one attached hydrogen (secondary N) is 1. The van der Waals surface area contributed by atoms with E-state index in [-0.39, 0.29) is 18.1 Å². The van der Waals surface area contributed by atoms with Gasteiger partial charge in [-0.1, -0.05) is 24.3 Å². The fourth-order valence-corrected chi connectivity index (χ4v) is 5.51. The minimum atomic E-state index is -3.25. The average Bonchev–Trinajstić information content (AvgIpc) is 3.36. The molecule has 4 rings (SSSR count). The second kappa shape index (κ2) is 8.20. The SMILES string of the molecule is CCS(=O)(=O)N1CCc2cc(-c3csc(CC(=O)Nc4ccccc4C)n3)ccc21. The number of aromatic nitrogens is 1. The molecular formula is C22H23N3O3S2. The zero-order valence-corrected chi connectivity index (χ0v) is 18.5. The maximum absolute atomic E-state index is 12.4. The molecule has 0 bridgehead atoms. The lowest BCUT2D eigenvalue weighted by molar-refractivity contribution is -0.115. The zero-order chi connectivity index (χ0) is 21.3. The molecule has 0 fully saturated rings. The molecule has 1 N–H and O–H groups in total. The highest BCUT2D eigenvalue weighted by molar-refractivity contribution is 7.92. The van der Waals surface area contributed by atoms with E-state index >= 15 is 0 Å². The Hall–Kier alpha value is -2.71. The van der Waals surface area contributed by atoms with Crippen LogP contribution >= 0.6 is 11.3 Å². The van der Waals surface area contributed by atoms with Crippen LogP contribution in [0.2, 0.25) is 0 Å². The monoisotopic (exact) mass is 441 g/mol. The van der Waals surface area contributed by atoms with Gasteiger partial charge in [0.25, 0.3) is 0 Å². The highest BCUT2D eigenvalue weighted by atomic mass is 32.2. The van der Waals surface area contributed by atoms with Gasteiger partial charge in [0.2, 0.25) is 15.9 Å². The van der Waals surface area contributed by atoms with Crippen molar-refractivity contribution < 1.29 is 13.2 Å². The number of benzene rings is 2. The first-order valence-electron chi connectivity index (χ1n) is 9.81. The molecule has 0 spiro atoms. The largest absolute Gasteiger partial charge is 0.325 e. The summed E-state index contributed by atoms with van der Waals surface area (Å²) in [7, 11) is -3.25. The summed E-state index contributed by atoms with van der Waals surface area (Å²) in [6, 6.07) is 13.4. The van der Waals surface area contributed by atoms with Crippen molar-refractivity contribution in [3.8, 4) is 11.3 Å². The standard InChI is InChI=1S/C22H23N3O3S2/c1-3-30(27,28)25-11-10-17-12-16(8-9-20(17)25)19-14-29-22(24-19)13-21(26)23-18-7-5-4-6-15(18)2/h4-9,12,14H,3,10-11,13H2,1-2H3,(H,23,26). The predicted molar refractivity (Wildman–Crippen MR) is 122 cm³/mol. The first kappa shape index (κ1) is 20.6. The summed E-state index contributed by atoms with van der Waals surface area (Å²) >= 11 is 1.45. The van der Waals surface area contributed by atoms with Gasteiger partial charge in [-0.05, 0) is 49.6 Å². The van der Waals surface area contributed by atoms with Crippen LogP contribution in [0.5, 0.6) is 0 Å². The number of amides is 1. The Bertz CT molecular complexity index is 1200. The summed E-state index contributed by atoms with van der Waals surface area (Å²) in [4.78, 5) is 17.0. The first-order valence-corrected chi connectivity index (χ1v) is 12.3. The van der Waals surface area contributed by atoms with E-state index in [4.69, 9.17) is 0 Å². The molecule has 0 atom stereocenters. The average molecular weight is 442 g/mol. The molecular weight excluding hydrogens is 418 g/mol. The summed E-state index contributed by atoms with van der Waals surface area (Å²) in [5.74, 6) is -0.00615. The van der Waals surface area contributed by atoms with Crippen LogP contribution in [0.1, 0.15) is 23.1 Å². The Morgan fingerprint density at radius 2 is 2.03 bits per heavy atom. The molecule has 1 amide bonds. The van der Waals surface area contributed by atoms with Crippen LogP contribution in [0.15, 0.2) is 47.8 Å². The van der Waals surface area contributed by atoms with Crippen LogP contribution in [0, 0.1) is 6.92 Å². The minimum Gasteiger partial charge on any atom is -0.325 e. The van der Waals surface area contributed by atoms with Crippen LogP contribution in [0.4, 0.5) is 11.4 Å². The van der Waals surface area contributed by atoms with Crippen molar-refractivity contribution in [1.29, 1.82) is 0 Å². The Morgan fingerprint density at radius 3 is 2.80 bits per heavy atom. The highest BCUT2D eigenvalue weighted by Crippen LogP contribution is 2.34. The second-order valence-corrected chi connectivity index (χ2v) is 10.4. The summed E-state index contributed by atoms with van der Waals surface area (Å²) < 4.78 is 26.0. The summed E-state index contributed by atoms with van der Waals surface area (Å²) in [6.45, 7) is 4.10. The van der Waals surface area contributed by atoms with E-state index in [1.165, 1.54) is 15.6 Å². The van der Waals surface area contributed by atoms with Crippen LogP contribution in [-0.2, 0) is 27.7 Å². The number of fused-ring (bicyclic) bond motifs is 1. The van der Waals surface area contributed by atoms with Crippen molar-refractivity contribution in [2.75, 3.05) is 21.9 Å². The number of nitrogens with zero attached hydrogens (tertiary/aromatic N) is 2. The van der Waals surface area contributed by atoms with Gasteiger partial charge in [-0.15, -0.1) is 11.3 Å². The lowest BCUT2D eigenvalue weighted by Crippen LogP contribution is -2.30. The number of sulfonamides is 1. The number of anilines is 2. The maximum Gasteiger partial charge on any atom is 0.234 e. The number of thiazole rings is 1. The predicted octanol–water partition coefficient (Wildman–Crippen LogP) is 4.01. The number of hydrogen-bond acceptors (Lipinski definition) is 5. The maximum atomic E-state index is 12.4. The number of carbonyl (C=O) groups excluding carboxylic acids is 1. The quantitative estimate of drug-likeness (QED) is 0.627. The van der Waals surface area contributed by atoms with Crippen molar-refractivity contribution in [3.05, 3.63) is 64.0 Å². The molecule has 0 saturated heterocycles. The molecule has 6 nitrogen and oxygen atoms in total. The number of hydrogen-bond donors (Lipinski definition) is 1. The van der Waals surface area contributed by atoms with Crippen molar-refractivity contribution >= 4 is 38.6 Å². The normalized spacial score (nSPS) is 13.3. The summed E-state index contributed by atoms with van der Waals surface area (Å²) in [5.41, 5.74) is 5.34. The van der Waals surface area contributed by atoms with Crippen molar-refractivity contribution in [3.63, 3.8) is 0 Å². The Morgan fingerprint density at radius 1 is 1.23 bits per heavy atom. The van der Waals surface area contributed by atoms with E-state index in [9.17, 15) is 13.2 Å². The second-order valence-electron chi connectivity index (χ2n) is 7.23. The topological polar surface area (TPSA) is 79.4 Å². The van der Waals surface area contributed by atoms with Gasteiger partial charge in [-0.2, -0.15) is 0 Å². The third-order valence-corrected chi connectivity index (χ3v) is 7.84. The lowest BCUT2D eigenvalue weighted by Gasteiger charge is -2.18. The number of aryl methyl sites for hydroxylation is 1. The molecule has 2 aromatic carbocycles. The number of para-hydroxylation sites is 1. The van der Waals surface area contributed by atoms with E-state index in [1.54, 1.807) is 6.92 Å². The molecule has 1 aliphatic rings. The van der Waals surface area contributed by atoms with Crippen molar-refractivity contribution in [2.24, 2.45) is 0 Å². The first-order chi connectivity index (χ1) is 14.4. The van der Waals surface area contributed by atoms with Crippen LogP contribution in [0.25, 0.3) is 11.3 Å². The molecule has 1 aliphatic heterocycles. The van der Waals surface area contributed by atoms with Gasteiger partial charge >= 0.3 is 0 Å². The van der Waals surface area contributed by atoms with Crippen LogP contribution in [0.3, 0.4) is 0 Å². The Labute approximate surface area is 180 Å². The third-order valence-electron chi connectivity index (χ3n) is 5.21. The van der Waals surface area contributed by atoms with Gasteiger partial charge in [0, 0.05) is 23.2 Å². The Balaban J connectivity index is 1.48. The molecule has 2 heterocycles. The molecule has 0 radical (unpaired) electrons. The molecule has 30 heavy (non-hydrogen) atoms. The molecule has 0 unspecified atom stereocenters. The van der Waals surface area contributed by atoms with Crippen LogP contribution < -0.4 is 9.62 Å². The van der Waals surface area contributed by atoms with E-state index in [0.717, 1.165) is 38.8 Å². The van der Waals surface area contributed by atoms with E-state index in [1.807, 2.05) is 54.8 Å². The van der Waals surface area contributed by atoms with Gasteiger partial charge in [-0.3, -0.25) is 9.10 Å². The summed E-state index contributed by atoms with van der Waals surface area (Å²) in [5, 5.41) is 5.61. The highest BCUT2D eigenvalue weighted by Gasteiger charge is 2.28. The van der Waals surface area contributed by atoms with Gasteiger partial charge in [0.1, 0.15) is 5.01 Å². The number of rotatable bonds is 6. The Kier molecular flexibility index (Phi) is 5.62. The molecule has 156 valence electrons. The minimum absolute atomic E-state index is 0.0915. The van der Waals surface area contributed by atoms with Crippen molar-refractivity contribution in [2.45, 2.75) is 26.7 Å². The van der Waals surface area contributed by atoms with E-state index in [2.05, 4.69) is 10.3 Å². The number of carbonyl (C=O) groups is 1. The van der Waals surface area contributed by atoms with Gasteiger partial charge in [-0.25, -0.2) is 13.4 Å². The van der Waals surface area contributed by atoms with Crippen LogP contribution in [-0.4, -0.2) is 31.6 Å². The fourth-order valence-electron chi connectivity index (χ4n) is 3.55. The smallest absolute Gasteiger partial charge is 0.234 e. The zero-order valence-electron chi connectivity index (χ0n) is 16.9. The fraction of sp³-hybridized carbons (Fsp3) is 0.273. The van der Waals surface area contributed by atoms with Gasteiger partial charge in [0.15, 0.2) is 0 Å². The molecule has 1 aromatic heterocycles. The molecule has 0 aliphatic carbocycles. The lowest BCUT2D eigenvalue weighted by atomic mass is 10.1. The third kappa shape index (κ3) is 4.11. The molecule has 8 heteroatoms. The van der Waals surface area contributed by atoms with Crippen molar-refractivity contribution in [1.82, 2.24) is 4.98 Å². The summed E-state index contributed by atoms with van der Waals surface area (Å²) in [6.07, 6.45) is 0.907. The van der Waals surface area contributed by atoms with Gasteiger partial charge < -0.3 is 5.32 Å².